The minimum atomic E-state index is -0.519. The third kappa shape index (κ3) is 3.41. The lowest BCUT2D eigenvalue weighted by Gasteiger charge is -2.12. The molecule has 0 saturated carbocycles. The Morgan fingerprint density at radius 3 is 2.75 bits per heavy atom. The highest BCUT2D eigenvalue weighted by atomic mass is 32.1. The number of ether oxygens (including phenoxy) is 1. The molecule has 2 aromatic rings. The fourth-order valence-corrected chi connectivity index (χ4v) is 3.11. The van der Waals surface area contributed by atoms with Crippen LogP contribution >= 0.6 is 11.3 Å². The first-order valence-electron chi connectivity index (χ1n) is 7.02. The van der Waals surface area contributed by atoms with Crippen molar-refractivity contribution in [2.75, 3.05) is 7.11 Å². The van der Waals surface area contributed by atoms with Crippen LogP contribution in [0.1, 0.15) is 49.4 Å². The van der Waals surface area contributed by atoms with Crippen molar-refractivity contribution in [2.45, 2.75) is 45.3 Å². The summed E-state index contributed by atoms with van der Waals surface area (Å²) in [6.07, 6.45) is 4.17. The Labute approximate surface area is 124 Å². The predicted molar refractivity (Wildman–Crippen MR) is 81.4 cm³/mol. The largest absolute Gasteiger partial charge is 0.496 e. The van der Waals surface area contributed by atoms with E-state index in [0.717, 1.165) is 29.2 Å². The second kappa shape index (κ2) is 6.90. The van der Waals surface area contributed by atoms with E-state index < -0.39 is 6.10 Å². The van der Waals surface area contributed by atoms with E-state index >= 15 is 0 Å². The number of nitrogens with zero attached hydrogens (tertiary/aromatic N) is 2. The standard InChI is InChI=1S/C15H22N2O2S/c1-4-12(5-2)17-7-6-11(16-17)8-14(18)15-9-13(19-3)10-20-15/h6-7,9-10,12,14,18H,4-5,8H2,1-3H3. The zero-order valence-corrected chi connectivity index (χ0v) is 13.1. The maximum Gasteiger partial charge on any atom is 0.129 e. The molecule has 4 nitrogen and oxygen atoms in total. The van der Waals surface area contributed by atoms with Crippen LogP contribution in [0.4, 0.5) is 0 Å². The first-order valence-corrected chi connectivity index (χ1v) is 7.90. The van der Waals surface area contributed by atoms with Gasteiger partial charge in [0.2, 0.25) is 0 Å². The molecule has 2 rings (SSSR count). The molecule has 1 N–H and O–H groups in total. The second-order valence-corrected chi connectivity index (χ2v) is 5.81. The van der Waals surface area contributed by atoms with Crippen molar-refractivity contribution in [1.82, 2.24) is 9.78 Å². The first kappa shape index (κ1) is 15.1. The molecule has 0 spiro atoms. The normalized spacial score (nSPS) is 12.8. The molecule has 2 aromatic heterocycles. The van der Waals surface area contributed by atoms with Gasteiger partial charge in [-0.2, -0.15) is 5.10 Å². The second-order valence-electron chi connectivity index (χ2n) is 4.87. The van der Waals surface area contributed by atoms with E-state index in [9.17, 15) is 5.11 Å². The molecule has 0 aliphatic rings. The molecule has 0 aliphatic carbocycles. The summed E-state index contributed by atoms with van der Waals surface area (Å²) >= 11 is 1.51. The van der Waals surface area contributed by atoms with E-state index in [0.29, 0.717) is 12.5 Å². The van der Waals surface area contributed by atoms with Crippen LogP contribution in [-0.2, 0) is 6.42 Å². The number of hydrogen-bond donors (Lipinski definition) is 1. The lowest BCUT2D eigenvalue weighted by molar-refractivity contribution is 0.180. The van der Waals surface area contributed by atoms with E-state index in [1.54, 1.807) is 7.11 Å². The van der Waals surface area contributed by atoms with Crippen molar-refractivity contribution >= 4 is 11.3 Å². The summed E-state index contributed by atoms with van der Waals surface area (Å²) in [5, 5.41) is 16.7. The average Bonchev–Trinajstić information content (AvgIpc) is 3.09. The predicted octanol–water partition coefficient (Wildman–Crippen LogP) is 3.59. The van der Waals surface area contributed by atoms with E-state index in [1.807, 2.05) is 28.4 Å². The Kier molecular flexibility index (Phi) is 5.20. The Hall–Kier alpha value is -1.33. The minimum absolute atomic E-state index is 0.447. The summed E-state index contributed by atoms with van der Waals surface area (Å²) in [7, 11) is 1.63. The van der Waals surface area contributed by atoms with Gasteiger partial charge < -0.3 is 9.84 Å². The zero-order chi connectivity index (χ0) is 14.5. The average molecular weight is 294 g/mol. The van der Waals surface area contributed by atoms with Crippen molar-refractivity contribution in [3.05, 3.63) is 34.3 Å². The smallest absolute Gasteiger partial charge is 0.129 e. The van der Waals surface area contributed by atoms with Crippen molar-refractivity contribution in [2.24, 2.45) is 0 Å². The molecule has 0 saturated heterocycles. The van der Waals surface area contributed by atoms with Crippen molar-refractivity contribution in [1.29, 1.82) is 0 Å². The maximum atomic E-state index is 10.3. The highest BCUT2D eigenvalue weighted by Gasteiger charge is 2.14. The van der Waals surface area contributed by atoms with E-state index in [4.69, 9.17) is 4.74 Å². The molecule has 0 aliphatic heterocycles. The van der Waals surface area contributed by atoms with Gasteiger partial charge in [0, 0.05) is 22.9 Å². The molecular weight excluding hydrogens is 272 g/mol. The summed E-state index contributed by atoms with van der Waals surface area (Å²) < 4.78 is 7.15. The SMILES string of the molecule is CCC(CC)n1ccc(CC(O)c2cc(OC)cs2)n1. The van der Waals surface area contributed by atoms with Gasteiger partial charge in [-0.3, -0.25) is 4.68 Å². The summed E-state index contributed by atoms with van der Waals surface area (Å²) in [4.78, 5) is 0.916. The van der Waals surface area contributed by atoms with Gasteiger partial charge in [-0.05, 0) is 25.0 Å². The van der Waals surface area contributed by atoms with Gasteiger partial charge in [0.1, 0.15) is 5.75 Å². The highest BCUT2D eigenvalue weighted by molar-refractivity contribution is 7.10. The third-order valence-corrected chi connectivity index (χ3v) is 4.55. The molecular formula is C15H22N2O2S. The molecule has 0 bridgehead atoms. The van der Waals surface area contributed by atoms with Crippen LogP contribution < -0.4 is 4.74 Å². The first-order chi connectivity index (χ1) is 9.67. The summed E-state index contributed by atoms with van der Waals surface area (Å²) in [6, 6.07) is 4.32. The molecule has 0 radical (unpaired) electrons. The minimum Gasteiger partial charge on any atom is -0.496 e. The van der Waals surface area contributed by atoms with Crippen LogP contribution in [0.25, 0.3) is 0 Å². The number of thiophene rings is 1. The number of hydrogen-bond acceptors (Lipinski definition) is 4. The Morgan fingerprint density at radius 1 is 1.40 bits per heavy atom. The van der Waals surface area contributed by atoms with Crippen LogP contribution in [0.15, 0.2) is 23.7 Å². The highest BCUT2D eigenvalue weighted by Crippen LogP contribution is 2.28. The van der Waals surface area contributed by atoms with Gasteiger partial charge in [-0.25, -0.2) is 0 Å². The molecule has 2 heterocycles. The van der Waals surface area contributed by atoms with Gasteiger partial charge in [0.25, 0.3) is 0 Å². The van der Waals surface area contributed by atoms with E-state index in [-0.39, 0.29) is 0 Å². The topological polar surface area (TPSA) is 47.3 Å². The third-order valence-electron chi connectivity index (χ3n) is 3.54. The zero-order valence-electron chi connectivity index (χ0n) is 12.2. The van der Waals surface area contributed by atoms with Gasteiger partial charge in [-0.1, -0.05) is 13.8 Å². The maximum absolute atomic E-state index is 10.3. The Bertz CT molecular complexity index is 531. The quantitative estimate of drug-likeness (QED) is 0.849. The lowest BCUT2D eigenvalue weighted by Crippen LogP contribution is -2.08. The van der Waals surface area contributed by atoms with Gasteiger partial charge in [-0.15, -0.1) is 11.3 Å². The molecule has 20 heavy (non-hydrogen) atoms. The summed E-state index contributed by atoms with van der Waals surface area (Å²) in [5.74, 6) is 0.798. The van der Waals surface area contributed by atoms with E-state index in [2.05, 4.69) is 18.9 Å². The molecule has 110 valence electrons. The fraction of sp³-hybridized carbons (Fsp3) is 0.533. The van der Waals surface area contributed by atoms with Gasteiger partial charge in [0.05, 0.1) is 24.9 Å². The van der Waals surface area contributed by atoms with Crippen molar-refractivity contribution < 1.29 is 9.84 Å². The number of aliphatic hydroxyl groups is 1. The van der Waals surface area contributed by atoms with E-state index in [1.165, 1.54) is 11.3 Å². The molecule has 0 aromatic carbocycles. The fourth-order valence-electron chi connectivity index (χ4n) is 2.27. The Balaban J connectivity index is 2.02. The lowest BCUT2D eigenvalue weighted by atomic mass is 10.2. The van der Waals surface area contributed by atoms with Crippen LogP contribution in [0.5, 0.6) is 5.75 Å². The van der Waals surface area contributed by atoms with Crippen LogP contribution in [0.2, 0.25) is 0 Å². The van der Waals surface area contributed by atoms with Crippen LogP contribution in [-0.4, -0.2) is 22.0 Å². The molecule has 1 unspecified atom stereocenters. The van der Waals surface area contributed by atoms with Crippen LogP contribution in [0, 0.1) is 0 Å². The number of aromatic nitrogens is 2. The number of aliphatic hydroxyl groups excluding tert-OH is 1. The van der Waals surface area contributed by atoms with Gasteiger partial charge >= 0.3 is 0 Å². The monoisotopic (exact) mass is 294 g/mol. The van der Waals surface area contributed by atoms with Crippen LogP contribution in [0.3, 0.4) is 0 Å². The summed E-state index contributed by atoms with van der Waals surface area (Å²) in [5.41, 5.74) is 0.928. The van der Waals surface area contributed by atoms with Crippen molar-refractivity contribution in [3.8, 4) is 5.75 Å². The summed E-state index contributed by atoms with van der Waals surface area (Å²) in [6.45, 7) is 4.34. The molecule has 5 heteroatoms. The number of methoxy groups -OCH3 is 1. The molecule has 0 fully saturated rings. The van der Waals surface area contributed by atoms with Gasteiger partial charge in [0.15, 0.2) is 0 Å². The Morgan fingerprint density at radius 2 is 2.15 bits per heavy atom. The van der Waals surface area contributed by atoms with Crippen molar-refractivity contribution in [3.63, 3.8) is 0 Å². The molecule has 1 atom stereocenters. The molecule has 0 amide bonds. The number of rotatable bonds is 7.